The molecule has 8 nitrogen and oxygen atoms in total. The summed E-state index contributed by atoms with van der Waals surface area (Å²) in [5, 5.41) is 2.88. The fourth-order valence-corrected chi connectivity index (χ4v) is 5.05. The second kappa shape index (κ2) is 10.6. The van der Waals surface area contributed by atoms with Crippen molar-refractivity contribution in [2.45, 2.75) is 31.1 Å². The van der Waals surface area contributed by atoms with Crippen LogP contribution in [0.15, 0.2) is 53.4 Å². The molecule has 1 aliphatic rings. The molecular formula is C23H28N2O6S. The second-order valence-corrected chi connectivity index (χ2v) is 9.46. The number of hydrogen-bond donors (Lipinski definition) is 1. The number of anilines is 1. The van der Waals surface area contributed by atoms with Crippen molar-refractivity contribution in [2.24, 2.45) is 5.92 Å². The highest BCUT2D eigenvalue weighted by Crippen LogP contribution is 2.26. The molecule has 0 atom stereocenters. The topological polar surface area (TPSA) is 102 Å². The summed E-state index contributed by atoms with van der Waals surface area (Å²) in [6.45, 7) is 2.67. The third kappa shape index (κ3) is 5.86. The van der Waals surface area contributed by atoms with Gasteiger partial charge in [0, 0.05) is 24.7 Å². The number of carbonyl (C=O) groups excluding carboxylic acids is 2. The highest BCUT2D eigenvalue weighted by atomic mass is 32.2. The Morgan fingerprint density at radius 1 is 1.03 bits per heavy atom. The van der Waals surface area contributed by atoms with Crippen LogP contribution in [0.3, 0.4) is 0 Å². The zero-order chi connectivity index (χ0) is 23.1. The molecule has 2 aromatic rings. The Morgan fingerprint density at radius 3 is 2.22 bits per heavy atom. The quantitative estimate of drug-likeness (QED) is 0.608. The Hall–Kier alpha value is -2.91. The Bertz CT molecular complexity index is 1030. The molecule has 0 bridgehead atoms. The van der Waals surface area contributed by atoms with Crippen LogP contribution in [0.1, 0.15) is 25.3 Å². The molecule has 1 N–H and O–H groups in total. The molecule has 0 aliphatic carbocycles. The summed E-state index contributed by atoms with van der Waals surface area (Å²) in [6.07, 6.45) is 1.08. The van der Waals surface area contributed by atoms with Crippen LogP contribution in [0.4, 0.5) is 5.69 Å². The van der Waals surface area contributed by atoms with Gasteiger partial charge in [0.1, 0.15) is 5.75 Å². The Labute approximate surface area is 188 Å². The van der Waals surface area contributed by atoms with E-state index in [1.165, 1.54) is 23.5 Å². The molecule has 1 aliphatic heterocycles. The average molecular weight is 461 g/mol. The lowest BCUT2D eigenvalue weighted by Crippen LogP contribution is -2.41. The first-order chi connectivity index (χ1) is 15.3. The highest BCUT2D eigenvalue weighted by Gasteiger charge is 2.32. The van der Waals surface area contributed by atoms with Crippen molar-refractivity contribution in [3.63, 3.8) is 0 Å². The van der Waals surface area contributed by atoms with Gasteiger partial charge in [-0.15, -0.1) is 0 Å². The van der Waals surface area contributed by atoms with Gasteiger partial charge in [0.05, 0.1) is 25.0 Å². The number of esters is 1. The molecule has 172 valence electrons. The normalized spacial score (nSPS) is 15.2. The minimum atomic E-state index is -3.61. The minimum absolute atomic E-state index is 0.135. The van der Waals surface area contributed by atoms with Crippen LogP contribution < -0.4 is 10.1 Å². The Balaban J connectivity index is 1.53. The van der Waals surface area contributed by atoms with E-state index in [0.29, 0.717) is 30.9 Å². The third-order valence-electron chi connectivity index (χ3n) is 5.40. The maximum Gasteiger partial charge on any atom is 0.310 e. The Morgan fingerprint density at radius 2 is 1.66 bits per heavy atom. The number of ether oxygens (including phenoxy) is 2. The van der Waals surface area contributed by atoms with Crippen LogP contribution in [-0.2, 0) is 30.8 Å². The molecule has 0 unspecified atom stereocenters. The number of nitrogens with zero attached hydrogens (tertiary/aromatic N) is 1. The highest BCUT2D eigenvalue weighted by molar-refractivity contribution is 7.89. The summed E-state index contributed by atoms with van der Waals surface area (Å²) in [5.41, 5.74) is 1.44. The first-order valence-electron chi connectivity index (χ1n) is 10.5. The first-order valence-corrected chi connectivity index (χ1v) is 12.0. The van der Waals surface area contributed by atoms with Gasteiger partial charge in [0.15, 0.2) is 0 Å². The Kier molecular flexibility index (Phi) is 7.87. The molecule has 1 saturated heterocycles. The van der Waals surface area contributed by atoms with Crippen molar-refractivity contribution in [2.75, 3.05) is 32.1 Å². The molecule has 1 fully saturated rings. The zero-order valence-electron chi connectivity index (χ0n) is 18.2. The molecule has 32 heavy (non-hydrogen) atoms. The smallest absolute Gasteiger partial charge is 0.310 e. The number of carbonyl (C=O) groups is 2. The summed E-state index contributed by atoms with van der Waals surface area (Å²) in [4.78, 5) is 24.4. The van der Waals surface area contributed by atoms with Gasteiger partial charge in [0.25, 0.3) is 0 Å². The van der Waals surface area contributed by atoms with Crippen LogP contribution in [0.5, 0.6) is 5.75 Å². The fourth-order valence-electron chi connectivity index (χ4n) is 3.58. The van der Waals surface area contributed by atoms with E-state index in [0.717, 1.165) is 5.56 Å². The van der Waals surface area contributed by atoms with Crippen molar-refractivity contribution in [1.82, 2.24) is 4.31 Å². The summed E-state index contributed by atoms with van der Waals surface area (Å²) >= 11 is 0. The van der Waals surface area contributed by atoms with Gasteiger partial charge in [0.2, 0.25) is 15.9 Å². The lowest BCUT2D eigenvalue weighted by atomic mass is 9.97. The molecule has 0 aromatic heterocycles. The monoisotopic (exact) mass is 460 g/mol. The first kappa shape index (κ1) is 23.7. The molecule has 0 radical (unpaired) electrons. The summed E-state index contributed by atoms with van der Waals surface area (Å²) in [7, 11) is -2.08. The van der Waals surface area contributed by atoms with E-state index in [1.54, 1.807) is 43.3 Å². The molecule has 1 heterocycles. The van der Waals surface area contributed by atoms with Crippen LogP contribution in [-0.4, -0.2) is 51.4 Å². The molecule has 3 rings (SSSR count). The molecule has 1 amide bonds. The van der Waals surface area contributed by atoms with Crippen LogP contribution in [0, 0.1) is 5.92 Å². The number of amides is 1. The zero-order valence-corrected chi connectivity index (χ0v) is 19.1. The number of benzene rings is 2. The van der Waals surface area contributed by atoms with E-state index in [-0.39, 0.29) is 42.2 Å². The number of sulfonamides is 1. The van der Waals surface area contributed by atoms with Crippen LogP contribution >= 0.6 is 0 Å². The predicted octanol–water partition coefficient (Wildman–Crippen LogP) is 2.84. The van der Waals surface area contributed by atoms with Crippen LogP contribution in [0.25, 0.3) is 0 Å². The second-order valence-electron chi connectivity index (χ2n) is 7.52. The number of methoxy groups -OCH3 is 1. The summed E-state index contributed by atoms with van der Waals surface area (Å²) in [5.74, 6) is -0.102. The molecular weight excluding hydrogens is 432 g/mol. The van der Waals surface area contributed by atoms with E-state index in [1.807, 2.05) is 0 Å². The third-order valence-corrected chi connectivity index (χ3v) is 7.31. The van der Waals surface area contributed by atoms with E-state index < -0.39 is 10.0 Å². The van der Waals surface area contributed by atoms with E-state index in [2.05, 4.69) is 5.32 Å². The van der Waals surface area contributed by atoms with E-state index in [4.69, 9.17) is 9.47 Å². The molecule has 2 aromatic carbocycles. The molecule has 0 saturated carbocycles. The van der Waals surface area contributed by atoms with Gasteiger partial charge in [-0.2, -0.15) is 4.31 Å². The molecule has 9 heteroatoms. The van der Waals surface area contributed by atoms with Gasteiger partial charge in [-0.3, -0.25) is 9.59 Å². The number of rotatable bonds is 8. The van der Waals surface area contributed by atoms with Gasteiger partial charge in [-0.25, -0.2) is 8.42 Å². The maximum atomic E-state index is 12.9. The summed E-state index contributed by atoms with van der Waals surface area (Å²) in [6, 6.07) is 13.3. The lowest BCUT2D eigenvalue weighted by molar-refractivity contribution is -0.142. The van der Waals surface area contributed by atoms with Gasteiger partial charge >= 0.3 is 5.97 Å². The van der Waals surface area contributed by atoms with E-state index >= 15 is 0 Å². The fraction of sp³-hybridized carbons (Fsp3) is 0.391. The number of nitrogens with one attached hydrogen (secondary N) is 1. The average Bonchev–Trinajstić information content (AvgIpc) is 2.80. The lowest BCUT2D eigenvalue weighted by Gasteiger charge is -2.30. The van der Waals surface area contributed by atoms with Crippen molar-refractivity contribution >= 4 is 27.6 Å². The van der Waals surface area contributed by atoms with Crippen LogP contribution in [0.2, 0.25) is 0 Å². The predicted molar refractivity (Wildman–Crippen MR) is 120 cm³/mol. The van der Waals surface area contributed by atoms with E-state index in [9.17, 15) is 18.0 Å². The van der Waals surface area contributed by atoms with Crippen molar-refractivity contribution in [3.8, 4) is 5.75 Å². The van der Waals surface area contributed by atoms with Crippen molar-refractivity contribution < 1.29 is 27.5 Å². The largest absolute Gasteiger partial charge is 0.497 e. The maximum absolute atomic E-state index is 12.9. The van der Waals surface area contributed by atoms with Crippen molar-refractivity contribution in [3.05, 3.63) is 54.1 Å². The van der Waals surface area contributed by atoms with Crippen molar-refractivity contribution in [1.29, 1.82) is 0 Å². The van der Waals surface area contributed by atoms with Gasteiger partial charge in [-0.05, 0) is 61.7 Å². The number of hydrogen-bond acceptors (Lipinski definition) is 6. The minimum Gasteiger partial charge on any atom is -0.497 e. The standard InChI is InChI=1S/C23H28N2O6S/c1-3-31-22(26)16-17-4-6-19(7-5-17)24-23(27)18-12-14-25(15-13-18)32(28,29)21-10-8-20(30-2)9-11-21/h4-11,18H,3,12-16H2,1-2H3,(H,24,27). The van der Waals surface area contributed by atoms with Gasteiger partial charge < -0.3 is 14.8 Å². The SMILES string of the molecule is CCOC(=O)Cc1ccc(NC(=O)C2CCN(S(=O)(=O)c3ccc(OC)cc3)CC2)cc1. The number of piperidine rings is 1. The molecule has 0 spiro atoms. The van der Waals surface area contributed by atoms with Gasteiger partial charge in [-0.1, -0.05) is 12.1 Å². The summed E-state index contributed by atoms with van der Waals surface area (Å²) < 4.78 is 37.1.